The number of amides is 1. The lowest BCUT2D eigenvalue weighted by Crippen LogP contribution is -2.48. The first kappa shape index (κ1) is 18.9. The summed E-state index contributed by atoms with van der Waals surface area (Å²) in [7, 11) is 2.15. The number of carbonyl (C=O) groups is 1. The van der Waals surface area contributed by atoms with E-state index >= 15 is 0 Å². The Kier molecular flexibility index (Phi) is 6.67. The zero-order valence-corrected chi connectivity index (χ0v) is 16.0. The smallest absolute Gasteiger partial charge is 0.224 e. The molecule has 4 nitrogen and oxygen atoms in total. The number of piperazine rings is 1. The highest BCUT2D eigenvalue weighted by Crippen LogP contribution is 2.23. The standard InChI is InChI=1S/C21H26ClN3O/c1-24-11-13-25(14-12-24)20(18-7-9-19(22)10-8-18)16-23-21(26)15-17-5-3-2-4-6-17/h2-10,20H,11-16H2,1H3,(H,23,26)/t20-/m0/s1. The zero-order valence-electron chi connectivity index (χ0n) is 15.2. The van der Waals surface area contributed by atoms with Gasteiger partial charge < -0.3 is 10.2 Å². The molecule has 1 atom stereocenters. The number of benzene rings is 2. The molecule has 1 amide bonds. The van der Waals surface area contributed by atoms with E-state index in [4.69, 9.17) is 11.6 Å². The van der Waals surface area contributed by atoms with Crippen molar-refractivity contribution in [1.82, 2.24) is 15.1 Å². The van der Waals surface area contributed by atoms with E-state index in [1.165, 1.54) is 5.56 Å². The second kappa shape index (κ2) is 9.17. The topological polar surface area (TPSA) is 35.6 Å². The molecule has 0 unspecified atom stereocenters. The van der Waals surface area contributed by atoms with Crippen molar-refractivity contribution in [2.75, 3.05) is 39.8 Å². The van der Waals surface area contributed by atoms with E-state index in [0.29, 0.717) is 13.0 Å². The molecule has 3 rings (SSSR count). The van der Waals surface area contributed by atoms with E-state index < -0.39 is 0 Å². The number of carbonyl (C=O) groups excluding carboxylic acids is 1. The van der Waals surface area contributed by atoms with Crippen molar-refractivity contribution in [1.29, 1.82) is 0 Å². The molecule has 0 saturated carbocycles. The van der Waals surface area contributed by atoms with E-state index in [2.05, 4.69) is 34.3 Å². The predicted molar refractivity (Wildman–Crippen MR) is 106 cm³/mol. The number of likely N-dealkylation sites (N-methyl/N-ethyl adjacent to an activating group) is 1. The lowest BCUT2D eigenvalue weighted by atomic mass is 10.0. The fourth-order valence-electron chi connectivity index (χ4n) is 3.33. The van der Waals surface area contributed by atoms with E-state index in [1.54, 1.807) is 0 Å². The third-order valence-corrected chi connectivity index (χ3v) is 5.19. The highest BCUT2D eigenvalue weighted by Gasteiger charge is 2.24. The van der Waals surface area contributed by atoms with E-state index in [0.717, 1.165) is 36.8 Å². The van der Waals surface area contributed by atoms with Crippen LogP contribution in [0.25, 0.3) is 0 Å². The SMILES string of the molecule is CN1CCN([C@@H](CNC(=O)Cc2ccccc2)c2ccc(Cl)cc2)CC1. The molecular weight excluding hydrogens is 346 g/mol. The molecule has 0 aliphatic carbocycles. The summed E-state index contributed by atoms with van der Waals surface area (Å²) in [5.41, 5.74) is 2.23. The fourth-order valence-corrected chi connectivity index (χ4v) is 3.46. The molecule has 1 saturated heterocycles. The van der Waals surface area contributed by atoms with Crippen molar-refractivity contribution in [3.8, 4) is 0 Å². The van der Waals surface area contributed by atoms with Crippen LogP contribution in [0, 0.1) is 0 Å². The van der Waals surface area contributed by atoms with Gasteiger partial charge in [0.15, 0.2) is 0 Å². The summed E-state index contributed by atoms with van der Waals surface area (Å²) in [6.45, 7) is 4.69. The second-order valence-corrected chi connectivity index (χ2v) is 7.31. The summed E-state index contributed by atoms with van der Waals surface area (Å²) in [5, 5.41) is 3.86. The van der Waals surface area contributed by atoms with Crippen LogP contribution in [0.3, 0.4) is 0 Å². The summed E-state index contributed by atoms with van der Waals surface area (Å²) in [6, 6.07) is 18.0. The molecule has 1 aliphatic rings. The molecule has 1 fully saturated rings. The van der Waals surface area contributed by atoms with Gasteiger partial charge in [0.05, 0.1) is 12.5 Å². The maximum Gasteiger partial charge on any atom is 0.224 e. The van der Waals surface area contributed by atoms with Crippen molar-refractivity contribution < 1.29 is 4.79 Å². The van der Waals surface area contributed by atoms with Crippen LogP contribution in [-0.2, 0) is 11.2 Å². The highest BCUT2D eigenvalue weighted by atomic mass is 35.5. The van der Waals surface area contributed by atoms with Crippen molar-refractivity contribution in [3.05, 3.63) is 70.7 Å². The normalized spacial score (nSPS) is 17.0. The average molecular weight is 372 g/mol. The van der Waals surface area contributed by atoms with Gasteiger partial charge in [0.1, 0.15) is 0 Å². The quantitative estimate of drug-likeness (QED) is 0.847. The number of halogens is 1. The average Bonchev–Trinajstić information content (AvgIpc) is 2.65. The van der Waals surface area contributed by atoms with Crippen molar-refractivity contribution >= 4 is 17.5 Å². The molecule has 1 aliphatic heterocycles. The first-order valence-corrected chi connectivity index (χ1v) is 9.48. The lowest BCUT2D eigenvalue weighted by molar-refractivity contribution is -0.120. The van der Waals surface area contributed by atoms with Crippen LogP contribution >= 0.6 is 11.6 Å². The highest BCUT2D eigenvalue weighted by molar-refractivity contribution is 6.30. The van der Waals surface area contributed by atoms with Gasteiger partial charge >= 0.3 is 0 Å². The molecule has 0 spiro atoms. The number of hydrogen-bond acceptors (Lipinski definition) is 3. The molecule has 2 aromatic rings. The molecule has 5 heteroatoms. The fraction of sp³-hybridized carbons (Fsp3) is 0.381. The summed E-state index contributed by atoms with van der Waals surface area (Å²) in [5.74, 6) is 0.0595. The summed E-state index contributed by atoms with van der Waals surface area (Å²) < 4.78 is 0. The molecular formula is C21H26ClN3O. The lowest BCUT2D eigenvalue weighted by Gasteiger charge is -2.38. The van der Waals surface area contributed by atoms with Crippen molar-refractivity contribution in [2.24, 2.45) is 0 Å². The molecule has 2 aromatic carbocycles. The third-order valence-electron chi connectivity index (χ3n) is 4.93. The monoisotopic (exact) mass is 371 g/mol. The second-order valence-electron chi connectivity index (χ2n) is 6.87. The van der Waals surface area contributed by atoms with Gasteiger partial charge in [-0.3, -0.25) is 9.69 Å². The van der Waals surface area contributed by atoms with Crippen LogP contribution < -0.4 is 5.32 Å². The Hall–Kier alpha value is -1.88. The van der Waals surface area contributed by atoms with Crippen LogP contribution in [0.2, 0.25) is 5.02 Å². The molecule has 138 valence electrons. The van der Waals surface area contributed by atoms with Gasteiger partial charge in [0.25, 0.3) is 0 Å². The predicted octanol–water partition coefficient (Wildman–Crippen LogP) is 2.99. The van der Waals surface area contributed by atoms with Crippen LogP contribution in [-0.4, -0.2) is 55.5 Å². The molecule has 0 aromatic heterocycles. The minimum Gasteiger partial charge on any atom is -0.354 e. The van der Waals surface area contributed by atoms with Gasteiger partial charge in [-0.05, 0) is 30.3 Å². The van der Waals surface area contributed by atoms with Crippen LogP contribution in [0.15, 0.2) is 54.6 Å². The number of hydrogen-bond donors (Lipinski definition) is 1. The van der Waals surface area contributed by atoms with Gasteiger partial charge in [-0.25, -0.2) is 0 Å². The van der Waals surface area contributed by atoms with Crippen LogP contribution in [0.4, 0.5) is 0 Å². The van der Waals surface area contributed by atoms with Crippen LogP contribution in [0.1, 0.15) is 17.2 Å². The van der Waals surface area contributed by atoms with Crippen molar-refractivity contribution in [2.45, 2.75) is 12.5 Å². The first-order chi connectivity index (χ1) is 12.6. The Morgan fingerprint density at radius 1 is 1.04 bits per heavy atom. The molecule has 26 heavy (non-hydrogen) atoms. The zero-order chi connectivity index (χ0) is 18.4. The Bertz CT molecular complexity index is 697. The summed E-state index contributed by atoms with van der Waals surface area (Å²) in [4.78, 5) is 17.2. The Morgan fingerprint density at radius 3 is 2.35 bits per heavy atom. The van der Waals surface area contributed by atoms with E-state index in [-0.39, 0.29) is 11.9 Å². The number of rotatable bonds is 6. The molecule has 1 heterocycles. The van der Waals surface area contributed by atoms with E-state index in [9.17, 15) is 4.79 Å². The maximum absolute atomic E-state index is 12.4. The Balaban J connectivity index is 1.65. The molecule has 0 bridgehead atoms. The van der Waals surface area contributed by atoms with Gasteiger partial charge in [-0.1, -0.05) is 54.1 Å². The maximum atomic E-state index is 12.4. The van der Waals surface area contributed by atoms with Crippen molar-refractivity contribution in [3.63, 3.8) is 0 Å². The van der Waals surface area contributed by atoms with Gasteiger partial charge in [-0.15, -0.1) is 0 Å². The Morgan fingerprint density at radius 2 is 1.69 bits per heavy atom. The van der Waals surface area contributed by atoms with Gasteiger partial charge in [-0.2, -0.15) is 0 Å². The number of nitrogens with one attached hydrogen (secondary N) is 1. The largest absolute Gasteiger partial charge is 0.354 e. The minimum absolute atomic E-state index is 0.0595. The molecule has 0 radical (unpaired) electrons. The van der Waals surface area contributed by atoms with Gasteiger partial charge in [0, 0.05) is 37.7 Å². The third kappa shape index (κ3) is 5.31. The summed E-state index contributed by atoms with van der Waals surface area (Å²) in [6.07, 6.45) is 0.414. The number of nitrogens with zero attached hydrogens (tertiary/aromatic N) is 2. The minimum atomic E-state index is 0.0595. The van der Waals surface area contributed by atoms with Gasteiger partial charge in [0.2, 0.25) is 5.91 Å². The summed E-state index contributed by atoms with van der Waals surface area (Å²) >= 11 is 6.05. The first-order valence-electron chi connectivity index (χ1n) is 9.10. The molecule has 1 N–H and O–H groups in total. The Labute approximate surface area is 160 Å². The van der Waals surface area contributed by atoms with E-state index in [1.807, 2.05) is 42.5 Å². The van der Waals surface area contributed by atoms with Crippen LogP contribution in [0.5, 0.6) is 0 Å².